The van der Waals surface area contributed by atoms with Crippen molar-refractivity contribution in [3.63, 3.8) is 0 Å². The van der Waals surface area contributed by atoms with Crippen molar-refractivity contribution in [2.45, 2.75) is 19.1 Å². The molecule has 1 heterocycles. The molecule has 0 aliphatic rings. The minimum Gasteiger partial charge on any atom is -0.355 e. The van der Waals surface area contributed by atoms with Crippen LogP contribution in [0.2, 0.25) is 0 Å². The number of nitrogens with zero attached hydrogens (tertiary/aromatic N) is 1. The Morgan fingerprint density at radius 3 is 2.37 bits per heavy atom. The molecule has 0 unspecified atom stereocenters. The fraction of sp³-hybridized carbons (Fsp3) is 0.278. The highest BCUT2D eigenvalue weighted by Gasteiger charge is 2.27. The predicted octanol–water partition coefficient (Wildman–Crippen LogP) is 1.94. The Kier molecular flexibility index (Phi) is 6.38. The van der Waals surface area contributed by atoms with Gasteiger partial charge in [-0.05, 0) is 11.6 Å². The van der Waals surface area contributed by atoms with Crippen LogP contribution in [-0.2, 0) is 6.54 Å². The molecule has 1 aromatic heterocycles. The van der Waals surface area contributed by atoms with Crippen LogP contribution >= 0.6 is 0 Å². The van der Waals surface area contributed by atoms with Gasteiger partial charge in [0.1, 0.15) is 5.56 Å². The molecular weight excluding hydrogens is 363 g/mol. The first-order chi connectivity index (χ1) is 12.7. The smallest absolute Gasteiger partial charge is 0.355 e. The Bertz CT molecular complexity index is 877. The lowest BCUT2D eigenvalue weighted by Gasteiger charge is -2.12. The van der Waals surface area contributed by atoms with Crippen LogP contribution in [0.4, 0.5) is 13.2 Å². The molecule has 2 amide bonds. The average Bonchev–Trinajstić information content (AvgIpc) is 2.62. The maximum atomic E-state index is 12.5. The van der Waals surface area contributed by atoms with Crippen LogP contribution in [0.1, 0.15) is 32.7 Å². The molecule has 0 spiro atoms. The van der Waals surface area contributed by atoms with E-state index in [4.69, 9.17) is 0 Å². The lowest BCUT2D eigenvalue weighted by Crippen LogP contribution is -2.34. The Morgan fingerprint density at radius 1 is 1.11 bits per heavy atom. The lowest BCUT2D eigenvalue weighted by molar-refractivity contribution is -0.132. The highest BCUT2D eigenvalue weighted by atomic mass is 19.4. The fourth-order valence-electron chi connectivity index (χ4n) is 2.37. The molecule has 0 atom stereocenters. The number of pyridine rings is 1. The van der Waals surface area contributed by atoms with Gasteiger partial charge in [0.15, 0.2) is 0 Å². The van der Waals surface area contributed by atoms with Crippen molar-refractivity contribution in [1.82, 2.24) is 15.2 Å². The third-order valence-corrected chi connectivity index (χ3v) is 3.71. The second kappa shape index (κ2) is 8.52. The number of carbonyl (C=O) groups is 2. The van der Waals surface area contributed by atoms with E-state index in [1.807, 2.05) is 0 Å². The number of carbonyl (C=O) groups excluding carboxylic acids is 2. The van der Waals surface area contributed by atoms with Crippen LogP contribution in [0, 0.1) is 0 Å². The van der Waals surface area contributed by atoms with Gasteiger partial charge in [-0.3, -0.25) is 14.4 Å². The van der Waals surface area contributed by atoms with Crippen molar-refractivity contribution in [1.29, 1.82) is 0 Å². The summed E-state index contributed by atoms with van der Waals surface area (Å²) < 4.78 is 37.9. The van der Waals surface area contributed by atoms with Crippen LogP contribution in [0.25, 0.3) is 0 Å². The molecule has 2 aromatic rings. The van der Waals surface area contributed by atoms with E-state index in [2.05, 4.69) is 10.6 Å². The number of benzene rings is 1. The van der Waals surface area contributed by atoms with Crippen molar-refractivity contribution in [3.05, 3.63) is 69.6 Å². The number of hydrogen-bond acceptors (Lipinski definition) is 3. The zero-order valence-electron chi connectivity index (χ0n) is 14.5. The molecule has 6 nitrogen and oxygen atoms in total. The molecule has 0 fully saturated rings. The third kappa shape index (κ3) is 5.70. The number of aromatic nitrogens is 1. The molecule has 0 aliphatic carbocycles. The van der Waals surface area contributed by atoms with Gasteiger partial charge < -0.3 is 15.2 Å². The molecule has 0 bridgehead atoms. The number of alkyl halides is 3. The van der Waals surface area contributed by atoms with Crippen LogP contribution in [-0.4, -0.2) is 36.2 Å². The average molecular weight is 381 g/mol. The number of rotatable bonds is 6. The first kappa shape index (κ1) is 20.2. The minimum absolute atomic E-state index is 0.0775. The van der Waals surface area contributed by atoms with E-state index in [0.29, 0.717) is 0 Å². The molecular formula is C18H18F3N3O3. The minimum atomic E-state index is -4.40. The lowest BCUT2D eigenvalue weighted by atomic mass is 10.1. The van der Waals surface area contributed by atoms with Crippen LogP contribution in [0.3, 0.4) is 0 Å². The van der Waals surface area contributed by atoms with Crippen molar-refractivity contribution >= 4 is 11.8 Å². The van der Waals surface area contributed by atoms with Crippen LogP contribution < -0.4 is 16.2 Å². The summed E-state index contributed by atoms with van der Waals surface area (Å²) in [6, 6.07) is 9.95. The van der Waals surface area contributed by atoms with Gasteiger partial charge in [0.2, 0.25) is 0 Å². The van der Waals surface area contributed by atoms with Crippen molar-refractivity contribution in [2.24, 2.45) is 0 Å². The van der Waals surface area contributed by atoms with Gasteiger partial charge in [-0.25, -0.2) is 0 Å². The van der Waals surface area contributed by atoms with Crippen LogP contribution in [0.15, 0.2) is 47.4 Å². The molecule has 0 saturated carbocycles. The summed E-state index contributed by atoms with van der Waals surface area (Å²) in [5.74, 6) is -1.49. The number of nitrogens with one attached hydrogen (secondary N) is 2. The van der Waals surface area contributed by atoms with Gasteiger partial charge in [0.25, 0.3) is 17.4 Å². The second-order valence-corrected chi connectivity index (χ2v) is 5.76. The first-order valence-electron chi connectivity index (χ1n) is 8.06. The number of halogens is 3. The molecule has 2 N–H and O–H groups in total. The Labute approximate surface area is 153 Å². The van der Waals surface area contributed by atoms with E-state index < -0.39 is 36.5 Å². The molecule has 1 aromatic carbocycles. The van der Waals surface area contributed by atoms with E-state index in [-0.39, 0.29) is 17.7 Å². The van der Waals surface area contributed by atoms with Crippen LogP contribution in [0.5, 0.6) is 0 Å². The van der Waals surface area contributed by atoms with Crippen molar-refractivity contribution in [3.8, 4) is 0 Å². The molecule has 9 heteroatoms. The van der Waals surface area contributed by atoms with Gasteiger partial charge in [-0.15, -0.1) is 0 Å². The largest absolute Gasteiger partial charge is 0.390 e. The normalized spacial score (nSPS) is 11.1. The van der Waals surface area contributed by atoms with E-state index in [0.717, 1.165) is 11.6 Å². The number of amides is 2. The maximum absolute atomic E-state index is 12.5. The SMILES string of the molecule is CNC(=O)c1cc(C(=O)NCCC(F)(F)F)cn(Cc2ccccc2)c1=O. The molecule has 27 heavy (non-hydrogen) atoms. The Hall–Kier alpha value is -3.10. The highest BCUT2D eigenvalue weighted by Crippen LogP contribution is 2.18. The monoisotopic (exact) mass is 381 g/mol. The van der Waals surface area contributed by atoms with Gasteiger partial charge >= 0.3 is 6.18 Å². The quantitative estimate of drug-likeness (QED) is 0.803. The summed E-state index contributed by atoms with van der Waals surface area (Å²) >= 11 is 0. The zero-order valence-corrected chi connectivity index (χ0v) is 14.5. The summed E-state index contributed by atoms with van der Waals surface area (Å²) in [4.78, 5) is 36.7. The second-order valence-electron chi connectivity index (χ2n) is 5.76. The van der Waals surface area contributed by atoms with E-state index >= 15 is 0 Å². The van der Waals surface area contributed by atoms with Gasteiger partial charge in [-0.1, -0.05) is 30.3 Å². The topological polar surface area (TPSA) is 80.2 Å². The Balaban J connectivity index is 2.33. The van der Waals surface area contributed by atoms with E-state index in [1.54, 1.807) is 30.3 Å². The third-order valence-electron chi connectivity index (χ3n) is 3.71. The summed E-state index contributed by atoms with van der Waals surface area (Å²) in [5.41, 5.74) is -0.190. The summed E-state index contributed by atoms with van der Waals surface area (Å²) in [6.07, 6.45) is -4.35. The van der Waals surface area contributed by atoms with Gasteiger partial charge in [0.05, 0.1) is 18.5 Å². The zero-order chi connectivity index (χ0) is 20.0. The summed E-state index contributed by atoms with van der Waals surface area (Å²) in [7, 11) is 1.33. The summed E-state index contributed by atoms with van der Waals surface area (Å²) in [6.45, 7) is -0.497. The first-order valence-corrected chi connectivity index (χ1v) is 8.06. The molecule has 144 valence electrons. The van der Waals surface area contributed by atoms with Crippen molar-refractivity contribution < 1.29 is 22.8 Å². The highest BCUT2D eigenvalue weighted by molar-refractivity contribution is 5.99. The standard InChI is InChI=1S/C18H18F3N3O3/c1-22-16(26)14-9-13(15(25)23-8-7-18(19,20)21)11-24(17(14)27)10-12-5-3-2-4-6-12/h2-6,9,11H,7-8,10H2,1H3,(H,22,26)(H,23,25). The van der Waals surface area contributed by atoms with Gasteiger partial charge in [0, 0.05) is 19.8 Å². The molecule has 0 saturated heterocycles. The molecule has 2 rings (SSSR count). The fourth-order valence-corrected chi connectivity index (χ4v) is 2.37. The van der Waals surface area contributed by atoms with Gasteiger partial charge in [-0.2, -0.15) is 13.2 Å². The number of hydrogen-bond donors (Lipinski definition) is 2. The molecule has 0 aliphatic heterocycles. The molecule has 0 radical (unpaired) electrons. The summed E-state index contributed by atoms with van der Waals surface area (Å²) in [5, 5.41) is 4.45. The Morgan fingerprint density at radius 2 is 1.78 bits per heavy atom. The van der Waals surface area contributed by atoms with Crippen molar-refractivity contribution in [2.75, 3.05) is 13.6 Å². The predicted molar refractivity (Wildman–Crippen MR) is 92.6 cm³/mol. The maximum Gasteiger partial charge on any atom is 0.390 e. The van der Waals surface area contributed by atoms with E-state index in [1.165, 1.54) is 17.8 Å². The van der Waals surface area contributed by atoms with E-state index in [9.17, 15) is 27.6 Å².